The molecule has 0 radical (unpaired) electrons. The molecule has 1 aromatic heterocycles. The first kappa shape index (κ1) is 11.6. The van der Waals surface area contributed by atoms with E-state index in [0.29, 0.717) is 24.7 Å². The van der Waals surface area contributed by atoms with E-state index in [9.17, 15) is 4.79 Å². The molecule has 0 saturated carbocycles. The maximum absolute atomic E-state index is 11.3. The molecule has 15 heavy (non-hydrogen) atoms. The molecule has 0 saturated heterocycles. The summed E-state index contributed by atoms with van der Waals surface area (Å²) in [6.07, 6.45) is 0.559. The van der Waals surface area contributed by atoms with Crippen LogP contribution in [0.4, 0.5) is 0 Å². The molecule has 1 amide bonds. The first-order valence-electron chi connectivity index (χ1n) is 4.87. The van der Waals surface area contributed by atoms with Crippen LogP contribution in [-0.4, -0.2) is 35.7 Å². The molecular weight excluding hydrogens is 196 g/mol. The van der Waals surface area contributed by atoms with E-state index in [1.165, 1.54) is 0 Å². The Balaban J connectivity index is 2.24. The minimum atomic E-state index is -0.186. The number of nitrogens with zero attached hydrogens (tertiary/aromatic N) is 2. The van der Waals surface area contributed by atoms with Crippen LogP contribution in [0.15, 0.2) is 4.52 Å². The van der Waals surface area contributed by atoms with E-state index in [0.717, 1.165) is 0 Å². The summed E-state index contributed by atoms with van der Waals surface area (Å²) in [6, 6.07) is -0.186. The lowest BCUT2D eigenvalue weighted by Gasteiger charge is -2.09. The molecule has 84 valence electrons. The van der Waals surface area contributed by atoms with Gasteiger partial charge in [-0.05, 0) is 20.9 Å². The average Bonchev–Trinajstić information content (AvgIpc) is 2.63. The average molecular weight is 212 g/mol. The summed E-state index contributed by atoms with van der Waals surface area (Å²) in [5.74, 6) is 1.12. The Morgan fingerprint density at radius 1 is 1.60 bits per heavy atom. The van der Waals surface area contributed by atoms with Gasteiger partial charge in [0, 0.05) is 13.0 Å². The van der Waals surface area contributed by atoms with E-state index >= 15 is 0 Å². The Morgan fingerprint density at radius 3 is 2.87 bits per heavy atom. The van der Waals surface area contributed by atoms with Crippen LogP contribution in [-0.2, 0) is 11.2 Å². The molecule has 0 bridgehead atoms. The van der Waals surface area contributed by atoms with Crippen LogP contribution < -0.4 is 10.6 Å². The third-order valence-corrected chi connectivity index (χ3v) is 2.03. The van der Waals surface area contributed by atoms with Gasteiger partial charge in [-0.15, -0.1) is 0 Å². The number of hydrogen-bond acceptors (Lipinski definition) is 5. The van der Waals surface area contributed by atoms with Gasteiger partial charge in [0.05, 0.1) is 6.04 Å². The largest absolute Gasteiger partial charge is 0.354 e. The molecule has 2 N–H and O–H groups in total. The molecule has 0 aliphatic heterocycles. The smallest absolute Gasteiger partial charge is 0.236 e. The Hall–Kier alpha value is -1.43. The van der Waals surface area contributed by atoms with Crippen molar-refractivity contribution in [2.75, 3.05) is 13.6 Å². The molecule has 1 aromatic rings. The van der Waals surface area contributed by atoms with Crippen molar-refractivity contribution in [2.45, 2.75) is 26.3 Å². The topological polar surface area (TPSA) is 80.0 Å². The summed E-state index contributed by atoms with van der Waals surface area (Å²) >= 11 is 0. The summed E-state index contributed by atoms with van der Waals surface area (Å²) in [5.41, 5.74) is 0. The predicted octanol–water partition coefficient (Wildman–Crippen LogP) is -0.355. The SMILES string of the molecule is CNC(C)C(=O)NCCc1nc(C)no1. The summed E-state index contributed by atoms with van der Waals surface area (Å²) in [5, 5.41) is 9.27. The van der Waals surface area contributed by atoms with Crippen LogP contribution in [0.2, 0.25) is 0 Å². The Bertz CT molecular complexity index is 324. The van der Waals surface area contributed by atoms with E-state index in [1.807, 2.05) is 0 Å². The van der Waals surface area contributed by atoms with Crippen molar-refractivity contribution in [3.8, 4) is 0 Å². The molecule has 0 spiro atoms. The second kappa shape index (κ2) is 5.45. The lowest BCUT2D eigenvalue weighted by atomic mass is 10.3. The second-order valence-electron chi connectivity index (χ2n) is 3.29. The van der Waals surface area contributed by atoms with E-state index in [-0.39, 0.29) is 11.9 Å². The van der Waals surface area contributed by atoms with Crippen LogP contribution in [0.25, 0.3) is 0 Å². The van der Waals surface area contributed by atoms with Gasteiger partial charge in [0.1, 0.15) is 0 Å². The minimum Gasteiger partial charge on any atom is -0.354 e. The number of amides is 1. The van der Waals surface area contributed by atoms with Crippen molar-refractivity contribution in [1.82, 2.24) is 20.8 Å². The fraction of sp³-hybridized carbons (Fsp3) is 0.667. The van der Waals surface area contributed by atoms with Gasteiger partial charge in [0.15, 0.2) is 5.82 Å². The number of likely N-dealkylation sites (N-methyl/N-ethyl adjacent to an activating group) is 1. The molecule has 0 aliphatic rings. The van der Waals surface area contributed by atoms with E-state index in [2.05, 4.69) is 20.8 Å². The van der Waals surface area contributed by atoms with Crippen LogP contribution in [0.5, 0.6) is 0 Å². The van der Waals surface area contributed by atoms with Gasteiger partial charge in [0.25, 0.3) is 0 Å². The molecule has 1 rings (SSSR count). The number of rotatable bonds is 5. The normalized spacial score (nSPS) is 12.5. The van der Waals surface area contributed by atoms with Crippen molar-refractivity contribution in [2.24, 2.45) is 0 Å². The van der Waals surface area contributed by atoms with E-state index < -0.39 is 0 Å². The third-order valence-electron chi connectivity index (χ3n) is 2.03. The minimum absolute atomic E-state index is 0.0336. The zero-order valence-corrected chi connectivity index (χ0v) is 9.20. The van der Waals surface area contributed by atoms with Crippen LogP contribution in [0.1, 0.15) is 18.6 Å². The first-order chi connectivity index (χ1) is 7.13. The zero-order chi connectivity index (χ0) is 11.3. The predicted molar refractivity (Wildman–Crippen MR) is 54.3 cm³/mol. The number of aromatic nitrogens is 2. The number of carbonyl (C=O) groups excluding carboxylic acids is 1. The third kappa shape index (κ3) is 3.67. The van der Waals surface area contributed by atoms with Gasteiger partial charge >= 0.3 is 0 Å². The number of nitrogens with one attached hydrogen (secondary N) is 2. The molecule has 1 atom stereocenters. The van der Waals surface area contributed by atoms with Gasteiger partial charge < -0.3 is 15.2 Å². The second-order valence-corrected chi connectivity index (χ2v) is 3.29. The monoisotopic (exact) mass is 212 g/mol. The van der Waals surface area contributed by atoms with Gasteiger partial charge in [-0.1, -0.05) is 5.16 Å². The van der Waals surface area contributed by atoms with Crippen molar-refractivity contribution in [1.29, 1.82) is 0 Å². The standard InChI is InChI=1S/C9H16N4O2/c1-6(10-3)9(14)11-5-4-8-12-7(2)13-15-8/h6,10H,4-5H2,1-3H3,(H,11,14). The van der Waals surface area contributed by atoms with E-state index in [1.54, 1.807) is 20.9 Å². The van der Waals surface area contributed by atoms with Crippen molar-refractivity contribution in [3.63, 3.8) is 0 Å². The molecule has 1 heterocycles. The molecule has 0 fully saturated rings. The van der Waals surface area contributed by atoms with Crippen LogP contribution in [0.3, 0.4) is 0 Å². The summed E-state index contributed by atoms with van der Waals surface area (Å²) < 4.78 is 4.90. The summed E-state index contributed by atoms with van der Waals surface area (Å²) in [6.45, 7) is 4.06. The highest BCUT2D eigenvalue weighted by Crippen LogP contribution is 1.95. The van der Waals surface area contributed by atoms with Gasteiger partial charge in [0.2, 0.25) is 11.8 Å². The van der Waals surface area contributed by atoms with Crippen LogP contribution >= 0.6 is 0 Å². The molecule has 6 heteroatoms. The number of carbonyl (C=O) groups is 1. The first-order valence-corrected chi connectivity index (χ1v) is 4.87. The maximum atomic E-state index is 11.3. The summed E-state index contributed by atoms with van der Waals surface area (Å²) in [7, 11) is 1.74. The Kier molecular flexibility index (Phi) is 4.23. The fourth-order valence-electron chi connectivity index (χ4n) is 1.02. The Labute approximate surface area is 88.4 Å². The molecule has 0 aliphatic carbocycles. The molecular formula is C9H16N4O2. The molecule has 0 aromatic carbocycles. The zero-order valence-electron chi connectivity index (χ0n) is 9.20. The lowest BCUT2D eigenvalue weighted by molar-refractivity contribution is -0.122. The van der Waals surface area contributed by atoms with Gasteiger partial charge in [-0.25, -0.2) is 0 Å². The number of aryl methyl sites for hydroxylation is 1. The molecule has 1 unspecified atom stereocenters. The highest BCUT2D eigenvalue weighted by molar-refractivity contribution is 5.81. The lowest BCUT2D eigenvalue weighted by Crippen LogP contribution is -2.41. The summed E-state index contributed by atoms with van der Waals surface area (Å²) in [4.78, 5) is 15.4. The van der Waals surface area contributed by atoms with E-state index in [4.69, 9.17) is 4.52 Å². The van der Waals surface area contributed by atoms with Crippen molar-refractivity contribution >= 4 is 5.91 Å². The number of hydrogen-bond donors (Lipinski definition) is 2. The van der Waals surface area contributed by atoms with Gasteiger partial charge in [-0.2, -0.15) is 4.98 Å². The maximum Gasteiger partial charge on any atom is 0.236 e. The highest BCUT2D eigenvalue weighted by Gasteiger charge is 2.09. The van der Waals surface area contributed by atoms with Crippen molar-refractivity contribution in [3.05, 3.63) is 11.7 Å². The van der Waals surface area contributed by atoms with Gasteiger partial charge in [-0.3, -0.25) is 4.79 Å². The quantitative estimate of drug-likeness (QED) is 0.697. The Morgan fingerprint density at radius 2 is 2.33 bits per heavy atom. The van der Waals surface area contributed by atoms with Crippen molar-refractivity contribution < 1.29 is 9.32 Å². The fourth-order valence-corrected chi connectivity index (χ4v) is 1.02. The highest BCUT2D eigenvalue weighted by atomic mass is 16.5. The molecule has 6 nitrogen and oxygen atoms in total. The van der Waals surface area contributed by atoms with Crippen LogP contribution in [0, 0.1) is 6.92 Å².